The number of rotatable bonds is 6. The minimum absolute atomic E-state index is 0.0348. The highest BCUT2D eigenvalue weighted by Crippen LogP contribution is 2.41. The number of hydrogen-bond acceptors (Lipinski definition) is 9. The molecule has 0 N–H and O–H groups in total. The van der Waals surface area contributed by atoms with Crippen molar-refractivity contribution >= 4 is 35.4 Å². The van der Waals surface area contributed by atoms with E-state index in [9.17, 15) is 0 Å². The Kier molecular flexibility index (Phi) is 14.4. The number of amides is 6. The number of carbonyl (C=O) groups excluding carboxylic acids is 6. The number of carbonyl (C=O) groups is 6. The lowest BCUT2D eigenvalue weighted by molar-refractivity contribution is 0.0181. The summed E-state index contributed by atoms with van der Waals surface area (Å²) in [6, 6.07) is 67.5. The van der Waals surface area contributed by atoms with Crippen molar-refractivity contribution in [1.82, 2.24) is 44.4 Å². The van der Waals surface area contributed by atoms with Gasteiger partial charge in [0.15, 0.2) is 0 Å². The van der Waals surface area contributed by atoms with E-state index >= 15 is 28.8 Å². The molecule has 3 aromatic heterocycles. The molecule has 6 atom stereocenters. The Morgan fingerprint density at radius 3 is 0.488 bits per heavy atom. The van der Waals surface area contributed by atoms with Crippen LogP contribution in [0.2, 0.25) is 0 Å². The van der Waals surface area contributed by atoms with Gasteiger partial charge < -0.3 is 29.4 Å². The van der Waals surface area contributed by atoms with Crippen LogP contribution in [0.1, 0.15) is 133 Å². The monoisotopic (exact) mass is 1110 g/mol. The second kappa shape index (κ2) is 22.9. The van der Waals surface area contributed by atoms with Gasteiger partial charge in [-0.25, -0.2) is 15.0 Å². The van der Waals surface area contributed by atoms with Gasteiger partial charge in [-0.3, -0.25) is 28.8 Å². The predicted octanol–water partition coefficient (Wildman–Crippen LogP) is 10.4. The molecule has 3 fully saturated rings. The van der Waals surface area contributed by atoms with Crippen molar-refractivity contribution in [1.29, 1.82) is 0 Å². The number of benzene rings is 6. The fourth-order valence-corrected chi connectivity index (χ4v) is 12.5. The van der Waals surface area contributed by atoms with E-state index < -0.39 is 71.7 Å². The Hall–Kier alpha value is -10.4. The molecule has 9 aromatic rings. The average molecular weight is 1110 g/mol. The second-order valence-electron chi connectivity index (χ2n) is 21.5. The van der Waals surface area contributed by atoms with Gasteiger partial charge in [0, 0.05) is 39.3 Å². The fourth-order valence-electron chi connectivity index (χ4n) is 12.5. The van der Waals surface area contributed by atoms with Crippen LogP contribution < -0.4 is 0 Å². The number of nitrogens with zero attached hydrogens (tertiary/aromatic N) is 9. The number of piperazine rings is 3. The largest absolute Gasteiger partial charge is 0.326 e. The molecule has 16 rings (SSSR count). The topological polar surface area (TPSA) is 161 Å². The van der Waals surface area contributed by atoms with Gasteiger partial charge in [-0.2, -0.15) is 0 Å². The third-order valence-corrected chi connectivity index (χ3v) is 16.7. The zero-order chi connectivity index (χ0) is 57.3. The highest BCUT2D eigenvalue weighted by atomic mass is 16.2. The summed E-state index contributed by atoms with van der Waals surface area (Å²) >= 11 is 0. The van der Waals surface area contributed by atoms with Gasteiger partial charge in [0.2, 0.25) is 0 Å². The lowest BCUT2D eigenvalue weighted by atomic mass is 9.94. The summed E-state index contributed by atoms with van der Waals surface area (Å²) in [5.41, 5.74) is 4.83. The van der Waals surface area contributed by atoms with E-state index in [-0.39, 0.29) is 73.4 Å². The summed E-state index contributed by atoms with van der Waals surface area (Å²) in [7, 11) is 0. The Balaban J connectivity index is 0.988. The van der Waals surface area contributed by atoms with Gasteiger partial charge in [0.25, 0.3) is 35.4 Å². The van der Waals surface area contributed by atoms with Crippen molar-refractivity contribution < 1.29 is 28.8 Å². The van der Waals surface area contributed by atoms with Gasteiger partial charge in [0.05, 0.1) is 36.3 Å². The highest BCUT2D eigenvalue weighted by Gasteiger charge is 2.46. The van der Waals surface area contributed by atoms with E-state index in [1.165, 1.54) is 0 Å². The summed E-state index contributed by atoms with van der Waals surface area (Å²) in [4.78, 5) is 118. The first-order valence-electron chi connectivity index (χ1n) is 28.2. The van der Waals surface area contributed by atoms with Crippen LogP contribution in [0.5, 0.6) is 0 Å². The number of fused-ring (bicyclic) bond motifs is 3. The number of pyridine rings is 3. The Bertz CT molecular complexity index is 3270. The lowest BCUT2D eigenvalue weighted by Gasteiger charge is -2.47. The van der Waals surface area contributed by atoms with E-state index in [4.69, 9.17) is 15.0 Å². The molecule has 414 valence electrons. The van der Waals surface area contributed by atoms with Crippen LogP contribution in [-0.2, 0) is 0 Å². The van der Waals surface area contributed by atoms with Gasteiger partial charge in [0.1, 0.15) is 34.2 Å². The highest BCUT2D eigenvalue weighted by molar-refractivity contribution is 6.00. The van der Waals surface area contributed by atoms with Crippen LogP contribution in [0.25, 0.3) is 0 Å². The minimum atomic E-state index is -0.689. The van der Waals surface area contributed by atoms with Gasteiger partial charge >= 0.3 is 0 Å². The maximum absolute atomic E-state index is 15.5. The molecule has 15 heteroatoms. The quantitative estimate of drug-likeness (QED) is 0.158. The molecule has 0 saturated carbocycles. The molecule has 12 bridgehead atoms. The van der Waals surface area contributed by atoms with E-state index in [1.807, 2.05) is 182 Å². The zero-order valence-corrected chi connectivity index (χ0v) is 45.7. The molecule has 7 aliphatic heterocycles. The SMILES string of the molecule is O=C1c2cccc(n2)C(=O)N2C[C@@H](c3ccccc3)N(C[C@H]2c2ccccc2)C(=O)c2cccc(n2)C(=O)N2C[C@@H](c3ccccc3)N(C[C@H]2c2ccccc2)C(=O)c2cccc(n2)C(=O)N2C[C@@H](c3ccccc3)N1C[C@H]2c1ccccc1. The van der Waals surface area contributed by atoms with E-state index in [2.05, 4.69) is 0 Å². The minimum Gasteiger partial charge on any atom is -0.326 e. The lowest BCUT2D eigenvalue weighted by Crippen LogP contribution is -2.54. The van der Waals surface area contributed by atoms with Crippen LogP contribution >= 0.6 is 0 Å². The van der Waals surface area contributed by atoms with E-state index in [0.717, 1.165) is 33.4 Å². The molecule has 7 aliphatic rings. The van der Waals surface area contributed by atoms with Crippen LogP contribution in [0, 0.1) is 0 Å². The molecular weight excluding hydrogens is 1050 g/mol. The molecule has 0 radical (unpaired) electrons. The zero-order valence-electron chi connectivity index (χ0n) is 45.7. The first kappa shape index (κ1) is 52.9. The van der Waals surface area contributed by atoms with Crippen molar-refractivity contribution in [3.63, 3.8) is 0 Å². The Morgan fingerprint density at radius 2 is 0.345 bits per heavy atom. The van der Waals surface area contributed by atoms with E-state index in [0.29, 0.717) is 0 Å². The molecule has 0 aliphatic carbocycles. The molecule has 84 heavy (non-hydrogen) atoms. The predicted molar refractivity (Wildman–Crippen MR) is 314 cm³/mol. The normalized spacial score (nSPS) is 21.3. The Morgan fingerprint density at radius 1 is 0.202 bits per heavy atom. The van der Waals surface area contributed by atoms with Crippen LogP contribution in [-0.4, -0.2) is 119 Å². The van der Waals surface area contributed by atoms with Crippen LogP contribution in [0.4, 0.5) is 0 Å². The van der Waals surface area contributed by atoms with Gasteiger partial charge in [-0.15, -0.1) is 0 Å². The summed E-state index contributed by atoms with van der Waals surface area (Å²) in [6.45, 7) is 0.235. The van der Waals surface area contributed by atoms with Crippen LogP contribution in [0.3, 0.4) is 0 Å². The first-order valence-corrected chi connectivity index (χ1v) is 28.2. The first-order chi connectivity index (χ1) is 41.2. The average Bonchev–Trinajstić information content (AvgIpc) is 3.49. The van der Waals surface area contributed by atoms with Crippen molar-refractivity contribution in [2.45, 2.75) is 36.3 Å². The fraction of sp³-hybridized carbons (Fsp3) is 0.174. The molecule has 10 heterocycles. The molecule has 0 unspecified atom stereocenters. The molecule has 6 aromatic carbocycles. The molecule has 15 nitrogen and oxygen atoms in total. The maximum atomic E-state index is 15.5. The van der Waals surface area contributed by atoms with Crippen molar-refractivity contribution in [2.75, 3.05) is 39.3 Å². The molecular formula is C69H57N9O6. The standard InChI is InChI=1S/C69H57N9O6/c79-64-52-34-19-36-54(70-52)66(81)75-42-61(49-28-13-4-14-29-49)77(43-60(75)48-26-11-3-12-27-48)68(83)56-38-21-39-57(72-56)69(84)78-45-62(50-30-15-5-16-31-50)76(44-63(78)51-32-17-6-18-33-51)67(82)55-37-20-35-53(71-55)65(80)74-40-58(46-22-7-1-8-23-46)73(64)41-59(74)47-24-9-2-10-25-47/h1-39,58-63H,40-45H2/t58-,59-,60-,61-,62-,63-/m0/s1. The van der Waals surface area contributed by atoms with Crippen LogP contribution in [0.15, 0.2) is 237 Å². The molecule has 0 spiro atoms. The molecule has 3 saturated heterocycles. The second-order valence-corrected chi connectivity index (χ2v) is 21.5. The summed E-state index contributed by atoms with van der Waals surface area (Å²) in [5.74, 6) is -2.66. The number of hydrogen-bond donors (Lipinski definition) is 0. The molecule has 6 amide bonds. The Labute approximate surface area is 486 Å². The summed E-state index contributed by atoms with van der Waals surface area (Å²) < 4.78 is 0. The third kappa shape index (κ3) is 10.1. The summed E-state index contributed by atoms with van der Waals surface area (Å²) in [6.07, 6.45) is 0. The van der Waals surface area contributed by atoms with Crippen molar-refractivity contribution in [3.05, 3.63) is 304 Å². The third-order valence-electron chi connectivity index (χ3n) is 16.7. The van der Waals surface area contributed by atoms with Crippen molar-refractivity contribution in [2.24, 2.45) is 0 Å². The van der Waals surface area contributed by atoms with Gasteiger partial charge in [-0.05, 0) is 69.8 Å². The van der Waals surface area contributed by atoms with Crippen molar-refractivity contribution in [3.8, 4) is 0 Å². The summed E-state index contributed by atoms with van der Waals surface area (Å²) in [5, 5.41) is 0. The number of aromatic nitrogens is 3. The van der Waals surface area contributed by atoms with E-state index in [1.54, 1.807) is 84.0 Å². The smallest absolute Gasteiger partial charge is 0.273 e. The maximum Gasteiger partial charge on any atom is 0.273 e. The van der Waals surface area contributed by atoms with Gasteiger partial charge in [-0.1, -0.05) is 200 Å².